The molecule has 0 spiro atoms. The minimum atomic E-state index is -0.306. The van der Waals surface area contributed by atoms with Crippen LogP contribution in [-0.2, 0) is 22.4 Å². The number of carbonyl (C=O) groups excluding carboxylic acids is 1. The van der Waals surface area contributed by atoms with Crippen molar-refractivity contribution < 1.29 is 14.3 Å². The minimum Gasteiger partial charge on any atom is -0.496 e. The summed E-state index contributed by atoms with van der Waals surface area (Å²) in [7, 11) is 1.69. The molecule has 5 heteroatoms. The van der Waals surface area contributed by atoms with Crippen molar-refractivity contribution in [1.29, 1.82) is 0 Å². The van der Waals surface area contributed by atoms with Crippen LogP contribution >= 0.6 is 11.6 Å². The van der Waals surface area contributed by atoms with E-state index in [1.807, 2.05) is 13.0 Å². The van der Waals surface area contributed by atoms with Crippen molar-refractivity contribution in [2.75, 3.05) is 20.3 Å². The van der Waals surface area contributed by atoms with Crippen molar-refractivity contribution in [3.63, 3.8) is 0 Å². The number of fused-ring (bicyclic) bond motifs is 3. The van der Waals surface area contributed by atoms with Crippen molar-refractivity contribution in [1.82, 2.24) is 5.32 Å². The highest BCUT2D eigenvalue weighted by atomic mass is 35.5. The molecule has 1 N–H and O–H groups in total. The maximum Gasteiger partial charge on any atom is 0.246 e. The maximum absolute atomic E-state index is 11.6. The Bertz CT molecular complexity index is 1220. The Morgan fingerprint density at radius 1 is 1.12 bits per heavy atom. The Labute approximate surface area is 193 Å². The second kappa shape index (κ2) is 8.27. The average molecular weight is 448 g/mol. The Morgan fingerprint density at radius 3 is 2.56 bits per heavy atom. The molecule has 1 unspecified atom stereocenters. The molecule has 1 atom stereocenters. The molecule has 164 valence electrons. The normalized spacial score (nSPS) is 17.0. The van der Waals surface area contributed by atoms with Gasteiger partial charge in [0.05, 0.1) is 7.11 Å². The zero-order valence-corrected chi connectivity index (χ0v) is 19.3. The average Bonchev–Trinajstić information content (AvgIpc) is 3.19. The van der Waals surface area contributed by atoms with E-state index in [1.54, 1.807) is 7.11 Å². The van der Waals surface area contributed by atoms with E-state index < -0.39 is 0 Å². The lowest BCUT2D eigenvalue weighted by Gasteiger charge is -2.28. The first-order valence-corrected chi connectivity index (χ1v) is 11.4. The standard InChI is InChI=1S/C27H26ClNO3/c1-4-16-9-19-18-8-6-5-7-17(18)11-21(19)20(10-16)22-12-23(28)15(2)26(27(22)31-3)24-13-29-25(30)14-32-24/h5-10,12,24H,4,11,13-14H2,1-3H3,(H,29,30). The topological polar surface area (TPSA) is 47.6 Å². The van der Waals surface area contributed by atoms with Crippen molar-refractivity contribution >= 4 is 17.5 Å². The van der Waals surface area contributed by atoms with Crippen LogP contribution in [0, 0.1) is 6.92 Å². The number of amides is 1. The molecule has 1 amide bonds. The number of rotatable bonds is 4. The third-order valence-electron chi connectivity index (χ3n) is 6.63. The Morgan fingerprint density at radius 2 is 1.88 bits per heavy atom. The van der Waals surface area contributed by atoms with Crippen LogP contribution in [0.25, 0.3) is 22.3 Å². The predicted molar refractivity (Wildman–Crippen MR) is 127 cm³/mol. The van der Waals surface area contributed by atoms with Crippen LogP contribution in [0.1, 0.15) is 40.8 Å². The first kappa shape index (κ1) is 21.0. The molecule has 3 aromatic carbocycles. The fourth-order valence-corrected chi connectivity index (χ4v) is 5.18. The molecule has 1 aliphatic heterocycles. The number of carbonyl (C=O) groups is 1. The van der Waals surface area contributed by atoms with E-state index in [1.165, 1.54) is 27.8 Å². The van der Waals surface area contributed by atoms with Gasteiger partial charge in [-0.25, -0.2) is 0 Å². The summed E-state index contributed by atoms with van der Waals surface area (Å²) >= 11 is 6.76. The van der Waals surface area contributed by atoms with Crippen molar-refractivity contribution in [3.05, 3.63) is 75.3 Å². The summed E-state index contributed by atoms with van der Waals surface area (Å²) in [6, 6.07) is 15.2. The van der Waals surface area contributed by atoms with Gasteiger partial charge in [-0.3, -0.25) is 4.79 Å². The third-order valence-corrected chi connectivity index (χ3v) is 7.02. The Balaban J connectivity index is 1.74. The summed E-state index contributed by atoms with van der Waals surface area (Å²) in [6.07, 6.45) is 1.51. The van der Waals surface area contributed by atoms with Gasteiger partial charge in [-0.15, -0.1) is 0 Å². The van der Waals surface area contributed by atoms with Crippen LogP contribution < -0.4 is 10.1 Å². The van der Waals surface area contributed by atoms with E-state index in [0.717, 1.165) is 40.8 Å². The quantitative estimate of drug-likeness (QED) is 0.440. The molecular formula is C27H26ClNO3. The molecule has 0 saturated carbocycles. The predicted octanol–water partition coefficient (Wildman–Crippen LogP) is 5.65. The number of morpholine rings is 1. The third kappa shape index (κ3) is 3.39. The number of aryl methyl sites for hydroxylation is 1. The summed E-state index contributed by atoms with van der Waals surface area (Å²) in [5.41, 5.74) is 10.4. The van der Waals surface area contributed by atoms with Crippen LogP contribution in [0.4, 0.5) is 0 Å². The van der Waals surface area contributed by atoms with E-state index in [4.69, 9.17) is 21.1 Å². The molecule has 3 aromatic rings. The maximum atomic E-state index is 11.6. The van der Waals surface area contributed by atoms with Gasteiger partial charge in [0, 0.05) is 22.7 Å². The number of hydrogen-bond donors (Lipinski definition) is 1. The van der Waals surface area contributed by atoms with E-state index in [9.17, 15) is 4.79 Å². The zero-order valence-electron chi connectivity index (χ0n) is 18.5. The fraction of sp³-hybridized carbons (Fsp3) is 0.296. The lowest BCUT2D eigenvalue weighted by Crippen LogP contribution is -2.39. The first-order chi connectivity index (χ1) is 15.5. The van der Waals surface area contributed by atoms with Crippen molar-refractivity contribution in [3.8, 4) is 28.0 Å². The zero-order chi connectivity index (χ0) is 22.4. The van der Waals surface area contributed by atoms with Gasteiger partial charge in [-0.05, 0) is 64.8 Å². The summed E-state index contributed by atoms with van der Waals surface area (Å²) in [5.74, 6) is 0.658. The molecule has 1 aliphatic carbocycles. The molecule has 0 aromatic heterocycles. The molecule has 4 nitrogen and oxygen atoms in total. The number of nitrogens with one attached hydrogen (secondary N) is 1. The molecule has 32 heavy (non-hydrogen) atoms. The second-order valence-corrected chi connectivity index (χ2v) is 8.85. The Hall–Kier alpha value is -2.82. The van der Waals surface area contributed by atoms with Crippen LogP contribution in [0.15, 0.2) is 42.5 Å². The van der Waals surface area contributed by atoms with Gasteiger partial charge in [-0.2, -0.15) is 0 Å². The first-order valence-electron chi connectivity index (χ1n) is 11.0. The SMILES string of the molecule is CCc1cc2c(c(-c3cc(Cl)c(C)c(C4CNC(=O)CO4)c3OC)c1)Cc1ccccc1-2. The van der Waals surface area contributed by atoms with Gasteiger partial charge in [0.25, 0.3) is 0 Å². The summed E-state index contributed by atoms with van der Waals surface area (Å²) in [4.78, 5) is 11.6. The van der Waals surface area contributed by atoms with E-state index in [0.29, 0.717) is 11.6 Å². The highest BCUT2D eigenvalue weighted by molar-refractivity contribution is 6.32. The van der Waals surface area contributed by atoms with Crippen LogP contribution in [0.5, 0.6) is 5.75 Å². The van der Waals surface area contributed by atoms with Gasteiger partial charge in [-0.1, -0.05) is 54.9 Å². The van der Waals surface area contributed by atoms with Gasteiger partial charge in [0.15, 0.2) is 0 Å². The van der Waals surface area contributed by atoms with Gasteiger partial charge in [0.1, 0.15) is 18.5 Å². The molecule has 5 rings (SSSR count). The number of benzene rings is 3. The van der Waals surface area contributed by atoms with Gasteiger partial charge in [0.2, 0.25) is 5.91 Å². The lowest BCUT2D eigenvalue weighted by atomic mass is 9.88. The van der Waals surface area contributed by atoms with Crippen molar-refractivity contribution in [2.45, 2.75) is 32.8 Å². The van der Waals surface area contributed by atoms with E-state index >= 15 is 0 Å². The Kier molecular flexibility index (Phi) is 5.44. The van der Waals surface area contributed by atoms with E-state index in [-0.39, 0.29) is 18.6 Å². The second-order valence-electron chi connectivity index (χ2n) is 8.44. The van der Waals surface area contributed by atoms with Crippen molar-refractivity contribution in [2.24, 2.45) is 0 Å². The number of halogens is 1. The fourth-order valence-electron chi connectivity index (χ4n) is 4.97. The molecule has 0 radical (unpaired) electrons. The monoisotopic (exact) mass is 447 g/mol. The number of methoxy groups -OCH3 is 1. The number of ether oxygens (including phenoxy) is 2. The van der Waals surface area contributed by atoms with Gasteiger partial charge < -0.3 is 14.8 Å². The lowest BCUT2D eigenvalue weighted by molar-refractivity contribution is -0.133. The molecule has 1 heterocycles. The molecule has 1 fully saturated rings. The summed E-state index contributed by atoms with van der Waals surface area (Å²) in [5, 5.41) is 3.57. The smallest absolute Gasteiger partial charge is 0.246 e. The molecular weight excluding hydrogens is 422 g/mol. The van der Waals surface area contributed by atoms with Gasteiger partial charge >= 0.3 is 0 Å². The largest absolute Gasteiger partial charge is 0.496 e. The highest BCUT2D eigenvalue weighted by Crippen LogP contribution is 2.48. The molecule has 1 saturated heterocycles. The number of hydrogen-bond acceptors (Lipinski definition) is 3. The van der Waals surface area contributed by atoms with E-state index in [2.05, 4.69) is 48.6 Å². The minimum absolute atomic E-state index is 0.0329. The van der Waals surface area contributed by atoms with Crippen LogP contribution in [0.3, 0.4) is 0 Å². The molecule has 2 aliphatic rings. The summed E-state index contributed by atoms with van der Waals surface area (Å²) in [6.45, 7) is 4.59. The highest BCUT2D eigenvalue weighted by Gasteiger charge is 2.30. The van der Waals surface area contributed by atoms with Crippen LogP contribution in [-0.4, -0.2) is 26.2 Å². The molecule has 0 bridgehead atoms. The summed E-state index contributed by atoms with van der Waals surface area (Å²) < 4.78 is 11.9. The van der Waals surface area contributed by atoms with Crippen LogP contribution in [0.2, 0.25) is 5.02 Å².